The first-order valence-electron chi connectivity index (χ1n) is 10.0. The first-order chi connectivity index (χ1) is 15.1. The first kappa shape index (κ1) is 24.7. The van der Waals surface area contributed by atoms with E-state index in [1.165, 1.54) is 0 Å². The van der Waals surface area contributed by atoms with E-state index in [1.54, 1.807) is 27.7 Å². The van der Waals surface area contributed by atoms with E-state index in [2.05, 4.69) is 20.0 Å². The van der Waals surface area contributed by atoms with Gasteiger partial charge in [-0.1, -0.05) is 30.3 Å². The second-order valence-corrected chi connectivity index (χ2v) is 7.67. The fourth-order valence-electron chi connectivity index (χ4n) is 2.37. The number of aliphatic hydroxyl groups excluding tert-OH is 1. The van der Waals surface area contributed by atoms with Crippen molar-refractivity contribution in [3.8, 4) is 5.88 Å². The molecule has 1 heterocycles. The van der Waals surface area contributed by atoms with E-state index >= 15 is 0 Å². The molecule has 10 nitrogen and oxygen atoms in total. The van der Waals surface area contributed by atoms with E-state index in [1.807, 2.05) is 30.3 Å². The molecule has 0 aliphatic carbocycles. The van der Waals surface area contributed by atoms with Gasteiger partial charge in [0.25, 0.3) is 5.91 Å². The average molecular weight is 445 g/mol. The molecule has 1 aromatic carbocycles. The number of amides is 1. The second-order valence-electron chi connectivity index (χ2n) is 7.67. The fourth-order valence-corrected chi connectivity index (χ4v) is 2.37. The molecule has 1 unspecified atom stereocenters. The molecule has 0 bridgehead atoms. The lowest BCUT2D eigenvalue weighted by Gasteiger charge is -2.20. The third-order valence-electron chi connectivity index (χ3n) is 3.81. The summed E-state index contributed by atoms with van der Waals surface area (Å²) >= 11 is 0. The van der Waals surface area contributed by atoms with E-state index in [4.69, 9.17) is 9.47 Å². The van der Waals surface area contributed by atoms with Crippen molar-refractivity contribution in [2.75, 3.05) is 13.2 Å². The van der Waals surface area contributed by atoms with Crippen molar-refractivity contribution in [3.05, 3.63) is 53.5 Å². The highest BCUT2D eigenvalue weighted by Crippen LogP contribution is 2.20. The van der Waals surface area contributed by atoms with Gasteiger partial charge in [-0.05, 0) is 33.3 Å². The number of rotatable bonds is 9. The van der Waals surface area contributed by atoms with E-state index in [0.717, 1.165) is 11.8 Å². The van der Waals surface area contributed by atoms with Gasteiger partial charge in [-0.2, -0.15) is 4.98 Å². The quantitative estimate of drug-likeness (QED) is 0.552. The minimum absolute atomic E-state index is 0.0426. The molecular weight excluding hydrogens is 418 g/mol. The van der Waals surface area contributed by atoms with E-state index in [-0.39, 0.29) is 30.5 Å². The zero-order valence-corrected chi connectivity index (χ0v) is 18.5. The number of carbonyl (C=O) groups excluding carboxylic acids is 3. The molecule has 2 N–H and O–H groups in total. The number of nitrogens with zero attached hydrogens (tertiary/aromatic N) is 2. The molecule has 2 rings (SSSR count). The number of benzene rings is 1. The Morgan fingerprint density at radius 2 is 1.84 bits per heavy atom. The van der Waals surface area contributed by atoms with Gasteiger partial charge in [-0.3, -0.25) is 4.79 Å². The summed E-state index contributed by atoms with van der Waals surface area (Å²) in [6, 6.07) is 9.19. The van der Waals surface area contributed by atoms with Crippen LogP contribution in [0.5, 0.6) is 5.88 Å². The van der Waals surface area contributed by atoms with Crippen LogP contribution in [0, 0.1) is 0 Å². The van der Waals surface area contributed by atoms with Crippen LogP contribution in [0.3, 0.4) is 0 Å². The Morgan fingerprint density at radius 1 is 1.16 bits per heavy atom. The van der Waals surface area contributed by atoms with Crippen LogP contribution in [0.2, 0.25) is 0 Å². The van der Waals surface area contributed by atoms with Crippen LogP contribution in [0.15, 0.2) is 36.5 Å². The maximum absolute atomic E-state index is 12.6. The Bertz CT molecular complexity index is 942. The van der Waals surface area contributed by atoms with Crippen LogP contribution in [0.4, 0.5) is 0 Å². The number of ether oxygens (including phenoxy) is 3. The van der Waals surface area contributed by atoms with Crippen molar-refractivity contribution in [2.24, 2.45) is 0 Å². The molecule has 2 aromatic rings. The predicted octanol–water partition coefficient (Wildman–Crippen LogP) is 1.66. The second kappa shape index (κ2) is 11.2. The Balaban J connectivity index is 2.20. The molecular formula is C22H27N3O7. The Hall–Kier alpha value is -3.53. The number of aliphatic hydroxyl groups is 1. The SMILES string of the molecule is CCOC(=O)C(O)CNC(=O)c1ncc(C(=O)OC(C)(C)C)c(OCc2ccccc2)n1. The minimum atomic E-state index is -1.53. The molecule has 172 valence electrons. The maximum Gasteiger partial charge on any atom is 0.345 e. The zero-order valence-electron chi connectivity index (χ0n) is 18.5. The van der Waals surface area contributed by atoms with Crippen LogP contribution < -0.4 is 10.1 Å². The van der Waals surface area contributed by atoms with Crippen molar-refractivity contribution in [3.63, 3.8) is 0 Å². The number of aromatic nitrogens is 2. The maximum atomic E-state index is 12.6. The fraction of sp³-hybridized carbons (Fsp3) is 0.409. The smallest absolute Gasteiger partial charge is 0.345 e. The lowest BCUT2D eigenvalue weighted by molar-refractivity contribution is -0.152. The van der Waals surface area contributed by atoms with Gasteiger partial charge in [0.1, 0.15) is 17.8 Å². The lowest BCUT2D eigenvalue weighted by Crippen LogP contribution is -2.38. The molecule has 0 radical (unpaired) electrons. The third-order valence-corrected chi connectivity index (χ3v) is 3.81. The summed E-state index contributed by atoms with van der Waals surface area (Å²) < 4.78 is 15.7. The van der Waals surface area contributed by atoms with Gasteiger partial charge in [-0.15, -0.1) is 0 Å². The highest BCUT2D eigenvalue weighted by atomic mass is 16.6. The number of nitrogens with one attached hydrogen (secondary N) is 1. The van der Waals surface area contributed by atoms with Crippen LogP contribution >= 0.6 is 0 Å². The van der Waals surface area contributed by atoms with Gasteiger partial charge in [-0.25, -0.2) is 14.6 Å². The molecule has 10 heteroatoms. The van der Waals surface area contributed by atoms with E-state index in [0.29, 0.717) is 0 Å². The Morgan fingerprint density at radius 3 is 2.47 bits per heavy atom. The summed E-state index contributed by atoms with van der Waals surface area (Å²) in [7, 11) is 0. The molecule has 0 fully saturated rings. The van der Waals surface area contributed by atoms with Gasteiger partial charge in [0, 0.05) is 6.20 Å². The van der Waals surface area contributed by atoms with Crippen molar-refractivity contribution < 1.29 is 33.7 Å². The summed E-state index contributed by atoms with van der Waals surface area (Å²) in [5.74, 6) is -2.77. The normalized spacial score (nSPS) is 11.9. The van der Waals surface area contributed by atoms with Crippen molar-refractivity contribution in [2.45, 2.75) is 46.0 Å². The molecule has 0 aliphatic heterocycles. The molecule has 0 saturated heterocycles. The molecule has 32 heavy (non-hydrogen) atoms. The Kier molecular flexibility index (Phi) is 8.65. The number of esters is 2. The zero-order chi connectivity index (χ0) is 23.7. The predicted molar refractivity (Wildman–Crippen MR) is 113 cm³/mol. The van der Waals surface area contributed by atoms with E-state index in [9.17, 15) is 19.5 Å². The number of carbonyl (C=O) groups is 3. The number of hydrogen-bond acceptors (Lipinski definition) is 9. The average Bonchev–Trinajstić information content (AvgIpc) is 2.75. The van der Waals surface area contributed by atoms with Crippen LogP contribution in [-0.2, 0) is 20.9 Å². The topological polar surface area (TPSA) is 137 Å². The van der Waals surface area contributed by atoms with Crippen LogP contribution in [0.25, 0.3) is 0 Å². The summed E-state index contributed by atoms with van der Waals surface area (Å²) in [6.07, 6.45) is -0.397. The van der Waals surface area contributed by atoms with Gasteiger partial charge >= 0.3 is 11.9 Å². The molecule has 0 spiro atoms. The van der Waals surface area contributed by atoms with Gasteiger partial charge in [0.2, 0.25) is 11.7 Å². The monoisotopic (exact) mass is 445 g/mol. The first-order valence-corrected chi connectivity index (χ1v) is 10.0. The standard InChI is InChI=1S/C22H27N3O7/c1-5-30-21(29)16(26)12-24-18(27)17-23-11-15(20(28)32-22(2,3)4)19(25-17)31-13-14-9-7-6-8-10-14/h6-11,16,26H,5,12-13H2,1-4H3,(H,24,27). The lowest BCUT2D eigenvalue weighted by atomic mass is 10.2. The van der Waals surface area contributed by atoms with Gasteiger partial charge < -0.3 is 24.6 Å². The van der Waals surface area contributed by atoms with Crippen molar-refractivity contribution in [1.29, 1.82) is 0 Å². The third kappa shape index (κ3) is 7.62. The molecule has 1 aromatic heterocycles. The highest BCUT2D eigenvalue weighted by molar-refractivity contribution is 5.94. The van der Waals surface area contributed by atoms with Gasteiger partial charge in [0.15, 0.2) is 6.10 Å². The molecule has 0 aliphatic rings. The number of hydrogen-bond donors (Lipinski definition) is 2. The van der Waals surface area contributed by atoms with Crippen molar-refractivity contribution in [1.82, 2.24) is 15.3 Å². The summed E-state index contributed by atoms with van der Waals surface area (Å²) in [6.45, 7) is 6.54. The van der Waals surface area contributed by atoms with Crippen LogP contribution in [0.1, 0.15) is 54.2 Å². The molecule has 1 amide bonds. The van der Waals surface area contributed by atoms with E-state index < -0.39 is 36.1 Å². The molecule has 1 atom stereocenters. The van der Waals surface area contributed by atoms with Gasteiger partial charge in [0.05, 0.1) is 13.2 Å². The largest absolute Gasteiger partial charge is 0.472 e. The summed E-state index contributed by atoms with van der Waals surface area (Å²) in [4.78, 5) is 44.4. The summed E-state index contributed by atoms with van der Waals surface area (Å²) in [5, 5.41) is 12.1. The van der Waals surface area contributed by atoms with Crippen molar-refractivity contribution >= 4 is 17.8 Å². The highest BCUT2D eigenvalue weighted by Gasteiger charge is 2.25. The Labute approximate surface area is 185 Å². The molecule has 0 saturated carbocycles. The summed E-state index contributed by atoms with van der Waals surface area (Å²) in [5.41, 5.74) is 0.0244. The van der Waals surface area contributed by atoms with Crippen LogP contribution in [-0.4, -0.2) is 57.8 Å². The minimum Gasteiger partial charge on any atom is -0.472 e.